The third-order valence-corrected chi connectivity index (χ3v) is 8.80. The van der Waals surface area contributed by atoms with Gasteiger partial charge in [0.2, 0.25) is 0 Å². The van der Waals surface area contributed by atoms with Gasteiger partial charge in [-0.05, 0) is 49.7 Å². The van der Waals surface area contributed by atoms with E-state index < -0.39 is 8.32 Å². The molecule has 0 bridgehead atoms. The lowest BCUT2D eigenvalue weighted by molar-refractivity contribution is 0.183. The zero-order valence-corrected chi connectivity index (χ0v) is 12.7. The van der Waals surface area contributed by atoms with Gasteiger partial charge >= 0.3 is 0 Å². The molecule has 16 heavy (non-hydrogen) atoms. The Morgan fingerprint density at radius 1 is 1.31 bits per heavy atom. The first kappa shape index (κ1) is 14.0. The molecule has 0 saturated heterocycles. The van der Waals surface area contributed by atoms with Crippen molar-refractivity contribution in [2.24, 2.45) is 5.92 Å². The number of hydrogen-bond acceptors (Lipinski definition) is 1. The highest BCUT2D eigenvalue weighted by Crippen LogP contribution is 2.40. The number of rotatable bonds is 4. The topological polar surface area (TPSA) is 9.23 Å². The van der Waals surface area contributed by atoms with E-state index in [0.29, 0.717) is 11.1 Å². The summed E-state index contributed by atoms with van der Waals surface area (Å²) in [4.78, 5) is 0. The standard InChI is InChI=1S/C14H28OSi/c1-7-8-12-9-10-13(11-12)15-16(5,6)14(2,3)4/h7,12-13H,1,8-11H2,2-6H3/t12-,13-/m1/s1. The van der Waals surface area contributed by atoms with E-state index in [1.54, 1.807) is 0 Å². The predicted octanol–water partition coefficient (Wildman–Crippen LogP) is 4.75. The van der Waals surface area contributed by atoms with Gasteiger partial charge in [0.05, 0.1) is 0 Å². The van der Waals surface area contributed by atoms with Crippen LogP contribution in [0.5, 0.6) is 0 Å². The van der Waals surface area contributed by atoms with Gasteiger partial charge in [-0.15, -0.1) is 6.58 Å². The van der Waals surface area contributed by atoms with E-state index >= 15 is 0 Å². The Labute approximate surface area is 102 Å². The van der Waals surface area contributed by atoms with Crippen LogP contribution < -0.4 is 0 Å². The third kappa shape index (κ3) is 3.46. The summed E-state index contributed by atoms with van der Waals surface area (Å²) in [7, 11) is -1.55. The Balaban J connectivity index is 2.48. The first-order chi connectivity index (χ1) is 7.26. The maximum absolute atomic E-state index is 6.44. The molecule has 2 atom stereocenters. The zero-order valence-electron chi connectivity index (χ0n) is 11.7. The van der Waals surface area contributed by atoms with Crippen LogP contribution in [0.2, 0.25) is 18.1 Å². The van der Waals surface area contributed by atoms with E-state index in [9.17, 15) is 0 Å². The van der Waals surface area contributed by atoms with Gasteiger partial charge in [-0.1, -0.05) is 26.8 Å². The molecular weight excluding hydrogens is 212 g/mol. The normalized spacial score (nSPS) is 27.1. The van der Waals surface area contributed by atoms with Gasteiger partial charge in [0.25, 0.3) is 0 Å². The second-order valence-corrected chi connectivity index (χ2v) is 11.5. The molecule has 1 rings (SSSR count). The molecule has 0 aliphatic heterocycles. The lowest BCUT2D eigenvalue weighted by Gasteiger charge is -2.38. The van der Waals surface area contributed by atoms with Gasteiger partial charge in [-0.25, -0.2) is 0 Å². The van der Waals surface area contributed by atoms with E-state index in [1.807, 2.05) is 0 Å². The van der Waals surface area contributed by atoms with Crippen LogP contribution in [0.4, 0.5) is 0 Å². The van der Waals surface area contributed by atoms with Crippen molar-refractivity contribution in [2.45, 2.75) is 70.7 Å². The first-order valence-corrected chi connectivity index (χ1v) is 9.46. The molecule has 1 aliphatic carbocycles. The molecule has 1 aliphatic rings. The van der Waals surface area contributed by atoms with Gasteiger partial charge < -0.3 is 4.43 Å². The van der Waals surface area contributed by atoms with E-state index in [-0.39, 0.29) is 0 Å². The molecule has 0 spiro atoms. The van der Waals surface area contributed by atoms with Crippen molar-refractivity contribution in [2.75, 3.05) is 0 Å². The largest absolute Gasteiger partial charge is 0.414 e. The SMILES string of the molecule is C=CC[C@@H]1CC[C@@H](O[Si](C)(C)C(C)(C)C)C1. The fraction of sp³-hybridized carbons (Fsp3) is 0.857. The Morgan fingerprint density at radius 2 is 1.94 bits per heavy atom. The molecule has 0 aromatic heterocycles. The number of hydrogen-bond donors (Lipinski definition) is 0. The summed E-state index contributed by atoms with van der Waals surface area (Å²) in [5.41, 5.74) is 0. The highest BCUT2D eigenvalue weighted by atomic mass is 28.4. The van der Waals surface area contributed by atoms with Crippen molar-refractivity contribution in [1.29, 1.82) is 0 Å². The van der Waals surface area contributed by atoms with Gasteiger partial charge in [-0.3, -0.25) is 0 Å². The molecular formula is C14H28OSi. The lowest BCUT2D eigenvalue weighted by Crippen LogP contribution is -2.43. The predicted molar refractivity (Wildman–Crippen MR) is 74.2 cm³/mol. The van der Waals surface area contributed by atoms with Crippen molar-refractivity contribution >= 4 is 8.32 Å². The fourth-order valence-corrected chi connectivity index (χ4v) is 3.58. The quantitative estimate of drug-likeness (QED) is 0.509. The highest BCUT2D eigenvalue weighted by molar-refractivity contribution is 6.74. The van der Waals surface area contributed by atoms with E-state index in [1.165, 1.54) is 19.3 Å². The summed E-state index contributed by atoms with van der Waals surface area (Å²) in [6, 6.07) is 0. The Kier molecular flexibility index (Phi) is 4.41. The summed E-state index contributed by atoms with van der Waals surface area (Å²) < 4.78 is 6.44. The molecule has 0 amide bonds. The van der Waals surface area contributed by atoms with Crippen molar-refractivity contribution in [3.63, 3.8) is 0 Å². The molecule has 0 aromatic carbocycles. The Hall–Kier alpha value is -0.0831. The van der Waals surface area contributed by atoms with Crippen LogP contribution in [-0.2, 0) is 4.43 Å². The Morgan fingerprint density at radius 3 is 2.44 bits per heavy atom. The smallest absolute Gasteiger partial charge is 0.192 e. The summed E-state index contributed by atoms with van der Waals surface area (Å²) in [6.07, 6.45) is 7.57. The molecule has 0 radical (unpaired) electrons. The average Bonchev–Trinajstić information content (AvgIpc) is 2.50. The lowest BCUT2D eigenvalue weighted by atomic mass is 10.0. The van der Waals surface area contributed by atoms with Gasteiger partial charge in [0.1, 0.15) is 0 Å². The van der Waals surface area contributed by atoms with Crippen molar-refractivity contribution in [1.82, 2.24) is 0 Å². The summed E-state index contributed by atoms with van der Waals surface area (Å²) in [6.45, 7) is 15.5. The third-order valence-electron chi connectivity index (χ3n) is 4.26. The minimum atomic E-state index is -1.55. The molecule has 1 nitrogen and oxygen atoms in total. The summed E-state index contributed by atoms with van der Waals surface area (Å²) >= 11 is 0. The molecule has 0 heterocycles. The Bertz CT molecular complexity index is 240. The monoisotopic (exact) mass is 240 g/mol. The van der Waals surface area contributed by atoms with Gasteiger partial charge in [-0.2, -0.15) is 0 Å². The second-order valence-electron chi connectivity index (χ2n) is 6.70. The van der Waals surface area contributed by atoms with E-state index in [0.717, 1.165) is 12.3 Å². The second kappa shape index (κ2) is 5.05. The van der Waals surface area contributed by atoms with Crippen molar-refractivity contribution in [3.8, 4) is 0 Å². The van der Waals surface area contributed by atoms with Crippen LogP contribution >= 0.6 is 0 Å². The van der Waals surface area contributed by atoms with Crippen LogP contribution in [0.25, 0.3) is 0 Å². The van der Waals surface area contributed by atoms with E-state index in [4.69, 9.17) is 4.43 Å². The summed E-state index contributed by atoms with van der Waals surface area (Å²) in [5.74, 6) is 0.826. The maximum Gasteiger partial charge on any atom is 0.192 e. The van der Waals surface area contributed by atoms with Crippen LogP contribution in [-0.4, -0.2) is 14.4 Å². The first-order valence-electron chi connectivity index (χ1n) is 6.55. The molecule has 94 valence electrons. The van der Waals surface area contributed by atoms with Crippen molar-refractivity contribution in [3.05, 3.63) is 12.7 Å². The van der Waals surface area contributed by atoms with E-state index in [2.05, 4.69) is 46.5 Å². The zero-order chi connectivity index (χ0) is 12.4. The molecule has 0 aromatic rings. The van der Waals surface area contributed by atoms with Crippen molar-refractivity contribution < 1.29 is 4.43 Å². The van der Waals surface area contributed by atoms with Crippen LogP contribution in [0.15, 0.2) is 12.7 Å². The molecule has 1 saturated carbocycles. The molecule has 1 fully saturated rings. The fourth-order valence-electron chi connectivity index (χ4n) is 2.18. The summed E-state index contributed by atoms with van der Waals surface area (Å²) in [5, 5.41) is 0.337. The van der Waals surface area contributed by atoms with Gasteiger partial charge in [0.15, 0.2) is 8.32 Å². The van der Waals surface area contributed by atoms with Crippen LogP contribution in [0, 0.1) is 5.92 Å². The maximum atomic E-state index is 6.44. The van der Waals surface area contributed by atoms with Crippen LogP contribution in [0.3, 0.4) is 0 Å². The minimum absolute atomic E-state index is 0.337. The average molecular weight is 240 g/mol. The highest BCUT2D eigenvalue weighted by Gasteiger charge is 2.40. The molecule has 2 heteroatoms. The number of allylic oxidation sites excluding steroid dienone is 1. The van der Waals surface area contributed by atoms with Crippen LogP contribution in [0.1, 0.15) is 46.5 Å². The van der Waals surface area contributed by atoms with Gasteiger partial charge in [0, 0.05) is 6.10 Å². The molecule has 0 unspecified atom stereocenters. The molecule has 0 N–H and O–H groups in total. The minimum Gasteiger partial charge on any atom is -0.414 e.